The van der Waals surface area contributed by atoms with Gasteiger partial charge in [0.15, 0.2) is 5.69 Å². The first-order chi connectivity index (χ1) is 18.5. The average molecular weight is 533 g/mol. The van der Waals surface area contributed by atoms with Gasteiger partial charge in [0.2, 0.25) is 0 Å². The van der Waals surface area contributed by atoms with E-state index in [4.69, 9.17) is 10.5 Å². The number of pyridine rings is 1. The number of halogens is 1. The Morgan fingerprint density at radius 2 is 1.62 bits per heavy atom. The van der Waals surface area contributed by atoms with Gasteiger partial charge in [-0.25, -0.2) is 28.4 Å². The molecule has 0 aliphatic carbocycles. The smallest absolute Gasteiger partial charge is 0.412 e. The van der Waals surface area contributed by atoms with Gasteiger partial charge < -0.3 is 20.5 Å². The van der Waals surface area contributed by atoms with Gasteiger partial charge in [-0.05, 0) is 54.6 Å². The number of urea groups is 1. The number of nitrogens with two attached hydrogens (primary N) is 1. The van der Waals surface area contributed by atoms with Crippen molar-refractivity contribution in [1.82, 2.24) is 14.8 Å². The molecule has 0 bridgehead atoms. The van der Waals surface area contributed by atoms with Gasteiger partial charge in [0.1, 0.15) is 23.1 Å². The summed E-state index contributed by atoms with van der Waals surface area (Å²) in [7, 11) is 0. The van der Waals surface area contributed by atoms with E-state index in [0.29, 0.717) is 22.9 Å². The Hall–Kier alpha value is -5.26. The molecule has 12 heteroatoms. The molecule has 2 aromatic heterocycles. The molecule has 4 rings (SSSR count). The van der Waals surface area contributed by atoms with Crippen molar-refractivity contribution >= 4 is 29.6 Å². The van der Waals surface area contributed by atoms with Crippen molar-refractivity contribution in [1.29, 1.82) is 0 Å². The van der Waals surface area contributed by atoms with Crippen molar-refractivity contribution < 1.29 is 28.2 Å². The first-order valence-electron chi connectivity index (χ1n) is 11.7. The first kappa shape index (κ1) is 26.8. The Morgan fingerprint density at radius 1 is 0.923 bits per heavy atom. The molecule has 0 radical (unpaired) electrons. The Kier molecular flexibility index (Phi) is 7.56. The second-order valence-electron chi connectivity index (χ2n) is 9.34. The molecule has 2 aromatic carbocycles. The predicted octanol–water partition coefficient (Wildman–Crippen LogP) is 5.38. The van der Waals surface area contributed by atoms with Crippen molar-refractivity contribution in [3.63, 3.8) is 0 Å². The van der Waals surface area contributed by atoms with Crippen LogP contribution in [-0.2, 0) is 10.2 Å². The van der Waals surface area contributed by atoms with Gasteiger partial charge in [0.05, 0.1) is 11.4 Å². The number of amides is 3. The third-order valence-electron chi connectivity index (χ3n) is 5.27. The summed E-state index contributed by atoms with van der Waals surface area (Å²) in [5, 5.41) is 10.1. The van der Waals surface area contributed by atoms with E-state index >= 15 is 0 Å². The lowest BCUT2D eigenvalue weighted by Crippen LogP contribution is -2.21. The minimum absolute atomic E-state index is 0.157. The normalized spacial score (nSPS) is 11.0. The van der Waals surface area contributed by atoms with E-state index in [1.54, 1.807) is 47.1 Å². The molecule has 0 unspecified atom stereocenters. The Balaban J connectivity index is 1.44. The minimum Gasteiger partial charge on any atom is -0.457 e. The van der Waals surface area contributed by atoms with E-state index in [1.165, 1.54) is 30.5 Å². The van der Waals surface area contributed by atoms with Crippen LogP contribution in [-0.4, -0.2) is 32.9 Å². The molecule has 4 aromatic rings. The van der Waals surface area contributed by atoms with Crippen molar-refractivity contribution in [2.75, 3.05) is 10.6 Å². The van der Waals surface area contributed by atoms with Gasteiger partial charge >= 0.3 is 18.1 Å². The Morgan fingerprint density at radius 3 is 2.26 bits per heavy atom. The molecule has 3 amide bonds. The summed E-state index contributed by atoms with van der Waals surface area (Å²) < 4.78 is 25.0. The highest BCUT2D eigenvalue weighted by Gasteiger charge is 2.21. The number of esters is 1. The number of carbonyl (C=O) groups excluding carboxylic acids is 3. The molecule has 200 valence electrons. The second kappa shape index (κ2) is 11.0. The molecule has 0 aliphatic rings. The fraction of sp³-hybridized carbons (Fsp3) is 0.148. The molecule has 0 atom stereocenters. The summed E-state index contributed by atoms with van der Waals surface area (Å²) in [5.74, 6) is -0.299. The number of nitrogens with zero attached hydrogens (tertiary/aromatic N) is 3. The van der Waals surface area contributed by atoms with Crippen LogP contribution < -0.4 is 21.1 Å². The van der Waals surface area contributed by atoms with E-state index < -0.39 is 18.1 Å². The molecule has 4 N–H and O–H groups in total. The highest BCUT2D eigenvalue weighted by Crippen LogP contribution is 2.27. The van der Waals surface area contributed by atoms with Crippen LogP contribution >= 0.6 is 0 Å². The molecular formula is C27H25FN6O5. The number of aromatic nitrogens is 3. The Bertz CT molecular complexity index is 1510. The van der Waals surface area contributed by atoms with Crippen molar-refractivity contribution in [3.8, 4) is 17.2 Å². The zero-order chi connectivity index (χ0) is 28.2. The maximum absolute atomic E-state index is 13.4. The lowest BCUT2D eigenvalue weighted by Gasteiger charge is -2.14. The van der Waals surface area contributed by atoms with Gasteiger partial charge in [-0.15, -0.1) is 0 Å². The fourth-order valence-electron chi connectivity index (χ4n) is 3.37. The van der Waals surface area contributed by atoms with Crippen LogP contribution in [0.15, 0.2) is 72.9 Å². The fourth-order valence-corrected chi connectivity index (χ4v) is 3.37. The molecule has 0 saturated carbocycles. The maximum Gasteiger partial charge on any atom is 0.412 e. The average Bonchev–Trinajstić information content (AvgIpc) is 3.30. The summed E-state index contributed by atoms with van der Waals surface area (Å²) >= 11 is 0. The van der Waals surface area contributed by atoms with Crippen LogP contribution in [0, 0.1) is 5.82 Å². The predicted molar refractivity (Wildman–Crippen MR) is 141 cm³/mol. The van der Waals surface area contributed by atoms with E-state index in [-0.39, 0.29) is 22.7 Å². The van der Waals surface area contributed by atoms with Gasteiger partial charge in [-0.1, -0.05) is 20.8 Å². The number of nitrogens with one attached hydrogen (secondary N) is 2. The summed E-state index contributed by atoms with van der Waals surface area (Å²) in [6.07, 6.45) is 0.0735. The number of hydrogen-bond acceptors (Lipinski definition) is 7. The van der Waals surface area contributed by atoms with Gasteiger partial charge in [0, 0.05) is 29.4 Å². The number of carbonyl (C=O) groups is 3. The zero-order valence-electron chi connectivity index (χ0n) is 21.3. The zero-order valence-corrected chi connectivity index (χ0v) is 21.3. The van der Waals surface area contributed by atoms with E-state index in [2.05, 4.69) is 25.5 Å². The lowest BCUT2D eigenvalue weighted by atomic mass is 9.92. The number of rotatable bonds is 6. The van der Waals surface area contributed by atoms with E-state index in [9.17, 15) is 18.8 Å². The number of benzene rings is 2. The number of primary amides is 1. The van der Waals surface area contributed by atoms with Crippen LogP contribution in [0.1, 0.15) is 37.0 Å². The van der Waals surface area contributed by atoms with Crippen LogP contribution in [0.3, 0.4) is 0 Å². The van der Waals surface area contributed by atoms with Crippen LogP contribution in [0.5, 0.6) is 11.5 Å². The summed E-state index contributed by atoms with van der Waals surface area (Å²) in [6, 6.07) is 16.3. The van der Waals surface area contributed by atoms with Gasteiger partial charge in [0.25, 0.3) is 0 Å². The Labute approximate surface area is 222 Å². The third kappa shape index (κ3) is 6.95. The highest BCUT2D eigenvalue weighted by atomic mass is 19.1. The molecule has 0 aliphatic heterocycles. The van der Waals surface area contributed by atoms with E-state index in [0.717, 1.165) is 5.69 Å². The molecule has 0 fully saturated rings. The minimum atomic E-state index is -1.24. The second-order valence-corrected chi connectivity index (χ2v) is 9.34. The van der Waals surface area contributed by atoms with Gasteiger partial charge in [-0.3, -0.25) is 5.32 Å². The van der Waals surface area contributed by atoms with Crippen molar-refractivity contribution in [3.05, 3.63) is 90.1 Å². The van der Waals surface area contributed by atoms with Crippen LogP contribution in [0.2, 0.25) is 0 Å². The number of ether oxygens (including phenoxy) is 2. The number of anilines is 2. The summed E-state index contributed by atoms with van der Waals surface area (Å²) in [6.45, 7) is 5.99. The monoisotopic (exact) mass is 532 g/mol. The van der Waals surface area contributed by atoms with Crippen LogP contribution in [0.25, 0.3) is 5.69 Å². The standard InChI is InChI=1S/C27H25FN6O5/c1-27(2,3)22-15-23(34(33-22)18-8-4-16(28)5-9-18)32-26(37)31-17-6-10-19(11-7-17)38-20-12-13-30-21(14-20)24(35)39-25(29)36/h4-15H,1-3H3,(H2,29,36)(H2,31,32,37). The van der Waals surface area contributed by atoms with Gasteiger partial charge in [-0.2, -0.15) is 5.10 Å². The van der Waals surface area contributed by atoms with Crippen LogP contribution in [0.4, 0.5) is 25.5 Å². The largest absolute Gasteiger partial charge is 0.457 e. The SMILES string of the molecule is CC(C)(C)c1cc(NC(=O)Nc2ccc(Oc3ccnc(C(=O)OC(N)=O)c3)cc2)n(-c2ccc(F)cc2)n1. The molecule has 2 heterocycles. The maximum atomic E-state index is 13.4. The van der Waals surface area contributed by atoms with Crippen molar-refractivity contribution in [2.24, 2.45) is 5.73 Å². The molecule has 0 spiro atoms. The third-order valence-corrected chi connectivity index (χ3v) is 5.27. The molecule has 0 saturated heterocycles. The highest BCUT2D eigenvalue weighted by molar-refractivity contribution is 5.99. The van der Waals surface area contributed by atoms with Crippen molar-refractivity contribution in [2.45, 2.75) is 26.2 Å². The van der Waals surface area contributed by atoms with E-state index in [1.807, 2.05) is 20.8 Å². The first-order valence-corrected chi connectivity index (χ1v) is 11.7. The topological polar surface area (TPSA) is 150 Å². The molecular weight excluding hydrogens is 507 g/mol. The molecule has 11 nitrogen and oxygen atoms in total. The summed E-state index contributed by atoms with van der Waals surface area (Å²) in [4.78, 5) is 39.2. The lowest BCUT2D eigenvalue weighted by molar-refractivity contribution is 0.0631. The number of hydrogen-bond donors (Lipinski definition) is 3. The summed E-state index contributed by atoms with van der Waals surface area (Å²) in [5.41, 5.74) is 6.21. The molecule has 39 heavy (non-hydrogen) atoms. The quantitative estimate of drug-likeness (QED) is 0.223.